The summed E-state index contributed by atoms with van der Waals surface area (Å²) < 4.78 is 6.02. The average Bonchev–Trinajstić information content (AvgIpc) is 2.78. The van der Waals surface area contributed by atoms with Crippen LogP contribution in [0.4, 0.5) is 0 Å². The Bertz CT molecular complexity index is 808. The first-order chi connectivity index (χ1) is 11.3. The van der Waals surface area contributed by atoms with E-state index in [2.05, 4.69) is 85.9 Å². The normalized spacial score (nSPS) is 13.7. The van der Waals surface area contributed by atoms with Crippen LogP contribution in [0, 0.1) is 0 Å². The summed E-state index contributed by atoms with van der Waals surface area (Å²) in [5.41, 5.74) is 3.85. The molecule has 4 rings (SSSR count). The number of aromatic nitrogens is 2. The molecule has 1 aliphatic heterocycles. The van der Waals surface area contributed by atoms with E-state index >= 15 is 0 Å². The summed E-state index contributed by atoms with van der Waals surface area (Å²) in [5.74, 6) is 1.42. The average molecular weight is 448 g/mol. The summed E-state index contributed by atoms with van der Waals surface area (Å²) >= 11 is 3.54. The fourth-order valence-electron chi connectivity index (χ4n) is 3.43. The van der Waals surface area contributed by atoms with Crippen molar-refractivity contribution < 1.29 is 21.5 Å². The monoisotopic (exact) mass is 446 g/mol. The minimum atomic E-state index is 0. The van der Waals surface area contributed by atoms with Gasteiger partial charge in [-0.3, -0.25) is 0 Å². The third kappa shape index (κ3) is 3.35. The van der Waals surface area contributed by atoms with Gasteiger partial charge in [0.25, 0.3) is 5.82 Å². The Morgan fingerprint density at radius 1 is 0.875 bits per heavy atom. The third-order valence-corrected chi connectivity index (χ3v) is 5.12. The quantitative estimate of drug-likeness (QED) is 0.531. The Labute approximate surface area is 162 Å². The molecule has 0 aliphatic carbocycles. The number of hydrogen-bond donors (Lipinski definition) is 0. The Morgan fingerprint density at radius 2 is 1.62 bits per heavy atom. The Morgan fingerprint density at radius 3 is 2.38 bits per heavy atom. The molecule has 1 aromatic heterocycles. The van der Waals surface area contributed by atoms with E-state index in [4.69, 9.17) is 0 Å². The predicted molar refractivity (Wildman–Crippen MR) is 96.7 cm³/mol. The highest BCUT2D eigenvalue weighted by Crippen LogP contribution is 2.24. The molecule has 3 aromatic rings. The molecular formula is C20H20Br2N2. The number of imidazole rings is 1. The van der Waals surface area contributed by atoms with Gasteiger partial charge in [-0.25, -0.2) is 4.57 Å². The first-order valence-corrected chi connectivity index (χ1v) is 9.08. The highest BCUT2D eigenvalue weighted by Gasteiger charge is 2.26. The van der Waals surface area contributed by atoms with Crippen LogP contribution in [-0.4, -0.2) is 4.57 Å². The van der Waals surface area contributed by atoms with E-state index < -0.39 is 0 Å². The van der Waals surface area contributed by atoms with Crippen LogP contribution in [0.25, 0.3) is 16.9 Å². The second-order valence-corrected chi connectivity index (χ2v) is 7.02. The lowest BCUT2D eigenvalue weighted by atomic mass is 10.1. The van der Waals surface area contributed by atoms with Gasteiger partial charge < -0.3 is 17.0 Å². The van der Waals surface area contributed by atoms with Gasteiger partial charge in [0, 0.05) is 16.5 Å². The summed E-state index contributed by atoms with van der Waals surface area (Å²) in [6.07, 6.45) is 7.30. The molecule has 2 aromatic carbocycles. The SMILES string of the molecule is Brc1ccc(-c2cn(-c3ccccc3)c3[n+]2CCCCC3)cc1.[Br-]. The van der Waals surface area contributed by atoms with Crippen LogP contribution in [0.3, 0.4) is 0 Å². The molecule has 0 spiro atoms. The second-order valence-electron chi connectivity index (χ2n) is 6.11. The molecule has 4 heteroatoms. The van der Waals surface area contributed by atoms with Crippen LogP contribution >= 0.6 is 15.9 Å². The molecule has 24 heavy (non-hydrogen) atoms. The van der Waals surface area contributed by atoms with Crippen molar-refractivity contribution in [3.63, 3.8) is 0 Å². The van der Waals surface area contributed by atoms with E-state index in [0.717, 1.165) is 17.4 Å². The predicted octanol–water partition coefficient (Wildman–Crippen LogP) is 1.92. The van der Waals surface area contributed by atoms with E-state index in [1.165, 1.54) is 42.0 Å². The molecule has 0 radical (unpaired) electrons. The number of fused-ring (bicyclic) bond motifs is 1. The van der Waals surface area contributed by atoms with Crippen LogP contribution in [0.15, 0.2) is 65.3 Å². The minimum Gasteiger partial charge on any atom is -1.00 e. The number of hydrogen-bond acceptors (Lipinski definition) is 0. The molecule has 0 saturated heterocycles. The van der Waals surface area contributed by atoms with E-state index in [9.17, 15) is 0 Å². The minimum absolute atomic E-state index is 0. The number of halogens is 2. The lowest BCUT2D eigenvalue weighted by molar-refractivity contribution is -0.692. The number of nitrogens with zero attached hydrogens (tertiary/aromatic N) is 2. The first kappa shape index (κ1) is 17.4. The van der Waals surface area contributed by atoms with Crippen LogP contribution in [0.2, 0.25) is 0 Å². The maximum Gasteiger partial charge on any atom is 0.262 e. The van der Waals surface area contributed by atoms with Gasteiger partial charge >= 0.3 is 0 Å². The zero-order valence-electron chi connectivity index (χ0n) is 13.5. The summed E-state index contributed by atoms with van der Waals surface area (Å²) in [5, 5.41) is 0. The molecule has 2 heterocycles. The van der Waals surface area contributed by atoms with Crippen LogP contribution in [0.5, 0.6) is 0 Å². The molecular weight excluding hydrogens is 428 g/mol. The maximum atomic E-state index is 3.54. The lowest BCUT2D eigenvalue weighted by Gasteiger charge is -2.03. The maximum absolute atomic E-state index is 3.54. The van der Waals surface area contributed by atoms with Gasteiger partial charge in [-0.2, -0.15) is 4.57 Å². The molecule has 124 valence electrons. The largest absolute Gasteiger partial charge is 1.00 e. The Hall–Kier alpha value is -1.39. The van der Waals surface area contributed by atoms with Gasteiger partial charge in [0.2, 0.25) is 0 Å². The zero-order chi connectivity index (χ0) is 15.6. The van der Waals surface area contributed by atoms with Crippen molar-refractivity contribution in [3.05, 3.63) is 71.1 Å². The molecule has 0 amide bonds. The van der Waals surface area contributed by atoms with E-state index in [1.807, 2.05) is 0 Å². The molecule has 1 aliphatic rings. The van der Waals surface area contributed by atoms with Gasteiger partial charge in [-0.15, -0.1) is 0 Å². The van der Waals surface area contributed by atoms with Gasteiger partial charge in [0.15, 0.2) is 5.69 Å². The van der Waals surface area contributed by atoms with Crippen molar-refractivity contribution in [2.75, 3.05) is 0 Å². The topological polar surface area (TPSA) is 8.81 Å². The molecule has 0 unspecified atom stereocenters. The van der Waals surface area contributed by atoms with Gasteiger partial charge in [0.1, 0.15) is 11.9 Å². The summed E-state index contributed by atoms with van der Waals surface area (Å²) in [6, 6.07) is 19.3. The van der Waals surface area contributed by atoms with E-state index in [1.54, 1.807) is 0 Å². The number of para-hydroxylation sites is 1. The summed E-state index contributed by atoms with van der Waals surface area (Å²) in [4.78, 5) is 0. The van der Waals surface area contributed by atoms with Crippen molar-refractivity contribution in [2.45, 2.75) is 32.2 Å². The van der Waals surface area contributed by atoms with Crippen molar-refractivity contribution in [2.24, 2.45) is 0 Å². The highest BCUT2D eigenvalue weighted by atomic mass is 79.9. The van der Waals surface area contributed by atoms with Crippen LogP contribution < -0.4 is 21.5 Å². The standard InChI is InChI=1S/C20H20BrN2.BrH/c21-17-12-10-16(11-13-17)19-15-23(18-7-3-1-4-8-18)20-9-5-2-6-14-22(19)20;/h1,3-4,7-8,10-13,15H,2,5-6,9,14H2;1H/q+1;/p-1. The van der Waals surface area contributed by atoms with Crippen molar-refractivity contribution in [1.29, 1.82) is 0 Å². The number of benzene rings is 2. The highest BCUT2D eigenvalue weighted by molar-refractivity contribution is 9.10. The van der Waals surface area contributed by atoms with Gasteiger partial charge in [0.05, 0.1) is 6.54 Å². The van der Waals surface area contributed by atoms with Crippen LogP contribution in [-0.2, 0) is 13.0 Å². The van der Waals surface area contributed by atoms with Gasteiger partial charge in [-0.05, 0) is 55.7 Å². The van der Waals surface area contributed by atoms with Crippen molar-refractivity contribution in [1.82, 2.24) is 4.57 Å². The zero-order valence-corrected chi connectivity index (χ0v) is 16.6. The van der Waals surface area contributed by atoms with Gasteiger partial charge in [-0.1, -0.05) is 34.1 Å². The summed E-state index contributed by atoms with van der Waals surface area (Å²) in [7, 11) is 0. The molecule has 0 fully saturated rings. The van der Waals surface area contributed by atoms with Crippen LogP contribution in [0.1, 0.15) is 25.1 Å². The smallest absolute Gasteiger partial charge is 0.262 e. The Balaban J connectivity index is 0.00000169. The van der Waals surface area contributed by atoms with E-state index in [0.29, 0.717) is 0 Å². The molecule has 0 atom stereocenters. The van der Waals surface area contributed by atoms with E-state index in [-0.39, 0.29) is 17.0 Å². The second kappa shape index (κ2) is 7.66. The molecule has 0 bridgehead atoms. The van der Waals surface area contributed by atoms with Crippen molar-refractivity contribution >= 4 is 15.9 Å². The first-order valence-electron chi connectivity index (χ1n) is 8.28. The summed E-state index contributed by atoms with van der Waals surface area (Å²) in [6.45, 7) is 1.11. The number of rotatable bonds is 2. The fraction of sp³-hybridized carbons (Fsp3) is 0.250. The molecule has 0 saturated carbocycles. The Kier molecular flexibility index (Phi) is 5.57. The molecule has 2 nitrogen and oxygen atoms in total. The van der Waals surface area contributed by atoms with Crippen molar-refractivity contribution in [3.8, 4) is 16.9 Å². The fourth-order valence-corrected chi connectivity index (χ4v) is 3.70. The molecule has 0 N–H and O–H groups in total. The third-order valence-electron chi connectivity index (χ3n) is 4.59. The lowest BCUT2D eigenvalue weighted by Crippen LogP contribution is -3.00.